The fraction of sp³-hybridized carbons (Fsp3) is 0.750. The van der Waals surface area contributed by atoms with Gasteiger partial charge in [-0.25, -0.2) is 4.98 Å². The third kappa shape index (κ3) is 8.05. The highest BCUT2D eigenvalue weighted by Crippen LogP contribution is 2.10. The van der Waals surface area contributed by atoms with Gasteiger partial charge in [-0.15, -0.1) is 11.3 Å². The Morgan fingerprint density at radius 3 is 2.76 bits per heavy atom. The number of nitrogens with one attached hydrogen (secondary N) is 2. The first-order valence-corrected chi connectivity index (χ1v) is 8.99. The summed E-state index contributed by atoms with van der Waals surface area (Å²) in [5.74, 6) is 1.68. The summed E-state index contributed by atoms with van der Waals surface area (Å²) in [6, 6.07) is 0. The largest absolute Gasteiger partial charge is 0.357 e. The van der Waals surface area contributed by atoms with E-state index in [2.05, 4.69) is 53.7 Å². The first-order valence-electron chi connectivity index (χ1n) is 8.11. The third-order valence-corrected chi connectivity index (χ3v) is 4.17. The summed E-state index contributed by atoms with van der Waals surface area (Å²) < 4.78 is 0. The number of aryl methyl sites for hydroxylation is 1. The number of hydrogen-bond acceptors (Lipinski definition) is 3. The molecular formula is C16H30N4S. The molecule has 120 valence electrons. The molecular weight excluding hydrogens is 280 g/mol. The van der Waals surface area contributed by atoms with Crippen LogP contribution in [-0.4, -0.2) is 30.6 Å². The van der Waals surface area contributed by atoms with Gasteiger partial charge in [-0.05, 0) is 32.1 Å². The van der Waals surface area contributed by atoms with Crippen LogP contribution in [0.25, 0.3) is 0 Å². The average molecular weight is 311 g/mol. The minimum absolute atomic E-state index is 0.758. The number of rotatable bonds is 9. The Morgan fingerprint density at radius 2 is 2.14 bits per heavy atom. The molecule has 0 radical (unpaired) electrons. The summed E-state index contributed by atoms with van der Waals surface area (Å²) in [5.41, 5.74) is 1.18. The van der Waals surface area contributed by atoms with E-state index in [1.54, 1.807) is 11.3 Å². The van der Waals surface area contributed by atoms with Gasteiger partial charge in [0.2, 0.25) is 0 Å². The minimum atomic E-state index is 0.758. The van der Waals surface area contributed by atoms with E-state index in [0.29, 0.717) is 0 Å². The second kappa shape index (κ2) is 10.6. The van der Waals surface area contributed by atoms with Crippen LogP contribution >= 0.6 is 11.3 Å². The van der Waals surface area contributed by atoms with Gasteiger partial charge in [-0.1, -0.05) is 20.8 Å². The van der Waals surface area contributed by atoms with Gasteiger partial charge >= 0.3 is 0 Å². The van der Waals surface area contributed by atoms with Gasteiger partial charge in [0, 0.05) is 31.4 Å². The van der Waals surface area contributed by atoms with Gasteiger partial charge in [-0.2, -0.15) is 0 Å². The average Bonchev–Trinajstić information content (AvgIpc) is 2.91. The zero-order chi connectivity index (χ0) is 15.5. The topological polar surface area (TPSA) is 49.3 Å². The molecule has 0 spiro atoms. The van der Waals surface area contributed by atoms with Crippen LogP contribution in [0.1, 0.15) is 51.2 Å². The molecule has 0 atom stereocenters. The van der Waals surface area contributed by atoms with Crippen molar-refractivity contribution in [1.29, 1.82) is 0 Å². The van der Waals surface area contributed by atoms with Crippen molar-refractivity contribution in [3.63, 3.8) is 0 Å². The second-order valence-corrected chi connectivity index (χ2v) is 6.50. The maximum Gasteiger partial charge on any atom is 0.191 e. The van der Waals surface area contributed by atoms with Crippen LogP contribution < -0.4 is 10.6 Å². The first-order chi connectivity index (χ1) is 10.2. The van der Waals surface area contributed by atoms with Crippen molar-refractivity contribution in [3.05, 3.63) is 16.1 Å². The lowest BCUT2D eigenvalue weighted by Gasteiger charge is -2.11. The maximum absolute atomic E-state index is 4.61. The Hall–Kier alpha value is -1.10. The van der Waals surface area contributed by atoms with E-state index in [0.717, 1.165) is 50.8 Å². The molecule has 1 aromatic rings. The minimum Gasteiger partial charge on any atom is -0.357 e. The molecule has 5 heteroatoms. The molecule has 0 bridgehead atoms. The lowest BCUT2D eigenvalue weighted by Crippen LogP contribution is -2.38. The fourth-order valence-corrected chi connectivity index (χ4v) is 2.75. The van der Waals surface area contributed by atoms with Crippen molar-refractivity contribution in [2.24, 2.45) is 10.9 Å². The van der Waals surface area contributed by atoms with Crippen molar-refractivity contribution in [2.75, 3.05) is 19.6 Å². The number of hydrogen-bond donors (Lipinski definition) is 2. The lowest BCUT2D eigenvalue weighted by molar-refractivity contribution is 0.560. The van der Waals surface area contributed by atoms with Crippen LogP contribution in [0.2, 0.25) is 0 Å². The lowest BCUT2D eigenvalue weighted by atomic mass is 10.1. The molecule has 2 N–H and O–H groups in total. The zero-order valence-corrected chi connectivity index (χ0v) is 14.7. The molecule has 0 fully saturated rings. The Kier molecular flexibility index (Phi) is 9.06. The predicted octanol–water partition coefficient (Wildman–Crippen LogP) is 3.24. The monoisotopic (exact) mass is 310 g/mol. The highest BCUT2D eigenvalue weighted by molar-refractivity contribution is 7.09. The normalized spacial score (nSPS) is 12.0. The van der Waals surface area contributed by atoms with Gasteiger partial charge in [0.15, 0.2) is 5.96 Å². The molecule has 0 saturated heterocycles. The number of nitrogens with zero attached hydrogens (tertiary/aromatic N) is 2. The van der Waals surface area contributed by atoms with Crippen molar-refractivity contribution in [2.45, 2.75) is 53.4 Å². The zero-order valence-electron chi connectivity index (χ0n) is 13.9. The molecule has 0 aliphatic carbocycles. The Labute approximate surface area is 133 Å². The van der Waals surface area contributed by atoms with Crippen LogP contribution in [-0.2, 0) is 12.8 Å². The Morgan fingerprint density at radius 1 is 1.33 bits per heavy atom. The predicted molar refractivity (Wildman–Crippen MR) is 93.2 cm³/mol. The molecule has 0 amide bonds. The van der Waals surface area contributed by atoms with Gasteiger partial charge < -0.3 is 10.6 Å². The van der Waals surface area contributed by atoms with E-state index >= 15 is 0 Å². The van der Waals surface area contributed by atoms with Crippen LogP contribution in [0, 0.1) is 5.92 Å². The van der Waals surface area contributed by atoms with E-state index in [1.165, 1.54) is 17.1 Å². The standard InChI is InChI=1S/C16H30N4S/c1-5-15-20-14(12-21-15)9-11-19-16(17-6-2)18-10-7-8-13(3)4/h12-13H,5-11H2,1-4H3,(H2,17,18,19). The molecule has 0 unspecified atom stereocenters. The van der Waals surface area contributed by atoms with Crippen LogP contribution in [0.4, 0.5) is 0 Å². The summed E-state index contributed by atoms with van der Waals surface area (Å²) in [6.45, 7) is 11.4. The molecule has 0 aromatic carbocycles. The number of aromatic nitrogens is 1. The van der Waals surface area contributed by atoms with E-state index in [1.807, 2.05) is 0 Å². The Balaban J connectivity index is 2.30. The Bertz CT molecular complexity index is 412. The smallest absolute Gasteiger partial charge is 0.191 e. The second-order valence-electron chi connectivity index (χ2n) is 5.56. The maximum atomic E-state index is 4.61. The molecule has 4 nitrogen and oxygen atoms in total. The highest BCUT2D eigenvalue weighted by atomic mass is 32.1. The molecule has 0 saturated carbocycles. The quantitative estimate of drug-likeness (QED) is 0.418. The molecule has 1 heterocycles. The van der Waals surface area contributed by atoms with E-state index in [9.17, 15) is 0 Å². The van der Waals surface area contributed by atoms with Crippen LogP contribution in [0.3, 0.4) is 0 Å². The molecule has 0 aliphatic heterocycles. The first kappa shape index (κ1) is 18.0. The number of aliphatic imine (C=N–C) groups is 1. The third-order valence-electron chi connectivity index (χ3n) is 3.13. The summed E-state index contributed by atoms with van der Waals surface area (Å²) >= 11 is 1.75. The highest BCUT2D eigenvalue weighted by Gasteiger charge is 2.02. The summed E-state index contributed by atoms with van der Waals surface area (Å²) in [6.07, 6.45) is 4.37. The fourth-order valence-electron chi connectivity index (χ4n) is 1.97. The van der Waals surface area contributed by atoms with Crippen LogP contribution in [0.15, 0.2) is 10.4 Å². The molecule has 21 heavy (non-hydrogen) atoms. The number of thiazole rings is 1. The molecule has 1 rings (SSSR count). The van der Waals surface area contributed by atoms with Crippen LogP contribution in [0.5, 0.6) is 0 Å². The number of guanidine groups is 1. The summed E-state index contributed by atoms with van der Waals surface area (Å²) in [7, 11) is 0. The van der Waals surface area contributed by atoms with Gasteiger partial charge in [-0.3, -0.25) is 4.99 Å². The van der Waals surface area contributed by atoms with E-state index in [-0.39, 0.29) is 0 Å². The summed E-state index contributed by atoms with van der Waals surface area (Å²) in [4.78, 5) is 9.20. The van der Waals surface area contributed by atoms with E-state index in [4.69, 9.17) is 0 Å². The van der Waals surface area contributed by atoms with Gasteiger partial charge in [0.25, 0.3) is 0 Å². The van der Waals surface area contributed by atoms with Crippen molar-refractivity contribution in [1.82, 2.24) is 15.6 Å². The van der Waals surface area contributed by atoms with Crippen molar-refractivity contribution in [3.8, 4) is 0 Å². The van der Waals surface area contributed by atoms with E-state index < -0.39 is 0 Å². The summed E-state index contributed by atoms with van der Waals surface area (Å²) in [5, 5.41) is 10.1. The van der Waals surface area contributed by atoms with Crippen molar-refractivity contribution >= 4 is 17.3 Å². The SMILES string of the molecule is CCNC(=NCCCC(C)C)NCCc1csc(CC)n1. The molecule has 1 aromatic heterocycles. The van der Waals surface area contributed by atoms with Gasteiger partial charge in [0.05, 0.1) is 10.7 Å². The van der Waals surface area contributed by atoms with Crippen molar-refractivity contribution < 1.29 is 0 Å². The molecule has 0 aliphatic rings. The van der Waals surface area contributed by atoms with Gasteiger partial charge in [0.1, 0.15) is 0 Å².